The van der Waals surface area contributed by atoms with Crippen molar-refractivity contribution in [2.45, 2.75) is 19.9 Å². The van der Waals surface area contributed by atoms with E-state index in [2.05, 4.69) is 10.3 Å². The van der Waals surface area contributed by atoms with E-state index in [0.29, 0.717) is 43.3 Å². The summed E-state index contributed by atoms with van der Waals surface area (Å²) >= 11 is 0. The minimum absolute atomic E-state index is 0.0541. The van der Waals surface area contributed by atoms with Crippen molar-refractivity contribution in [2.75, 3.05) is 39.8 Å². The molecule has 0 saturated heterocycles. The third kappa shape index (κ3) is 5.70. The van der Waals surface area contributed by atoms with E-state index < -0.39 is 0 Å². The average molecular weight is 412 g/mol. The molecule has 0 saturated carbocycles. The SMILES string of the molecule is CC(C)NC(=O)CN1CCOc2ccccc2Oc2ncccc2C(=O)N(C)CC1. The van der Waals surface area contributed by atoms with Crippen LogP contribution in [0.2, 0.25) is 0 Å². The molecule has 0 aliphatic carbocycles. The fraction of sp³-hybridized carbons (Fsp3) is 0.409. The first kappa shape index (κ1) is 21.6. The summed E-state index contributed by atoms with van der Waals surface area (Å²) in [4.78, 5) is 33.1. The molecule has 1 aromatic carbocycles. The van der Waals surface area contributed by atoms with Crippen molar-refractivity contribution in [1.29, 1.82) is 0 Å². The standard InChI is InChI=1S/C22H28N4O4/c1-16(2)24-20(27)15-26-12-11-25(3)22(28)17-7-6-10-23-21(17)30-19-9-5-4-8-18(19)29-14-13-26/h4-10,16H,11-15H2,1-3H3,(H,24,27). The van der Waals surface area contributed by atoms with Crippen molar-refractivity contribution >= 4 is 11.8 Å². The average Bonchev–Trinajstić information content (AvgIpc) is 2.72. The van der Waals surface area contributed by atoms with Crippen molar-refractivity contribution in [3.8, 4) is 17.4 Å². The maximum atomic E-state index is 13.0. The minimum Gasteiger partial charge on any atom is -0.488 e. The van der Waals surface area contributed by atoms with Gasteiger partial charge in [-0.1, -0.05) is 12.1 Å². The lowest BCUT2D eigenvalue weighted by molar-refractivity contribution is -0.122. The molecular weight excluding hydrogens is 384 g/mol. The summed E-state index contributed by atoms with van der Waals surface area (Å²) in [7, 11) is 1.73. The Morgan fingerprint density at radius 2 is 1.90 bits per heavy atom. The molecule has 0 atom stereocenters. The molecule has 0 fully saturated rings. The highest BCUT2D eigenvalue weighted by atomic mass is 16.5. The Kier molecular flexibility index (Phi) is 7.24. The van der Waals surface area contributed by atoms with Crippen molar-refractivity contribution in [3.63, 3.8) is 0 Å². The number of rotatable bonds is 3. The second-order valence-electron chi connectivity index (χ2n) is 7.48. The van der Waals surface area contributed by atoms with Gasteiger partial charge in [0.1, 0.15) is 12.2 Å². The maximum Gasteiger partial charge on any atom is 0.259 e. The van der Waals surface area contributed by atoms with Crippen LogP contribution in [0.15, 0.2) is 42.6 Å². The molecule has 1 aliphatic rings. The van der Waals surface area contributed by atoms with Gasteiger partial charge in [0.25, 0.3) is 5.91 Å². The van der Waals surface area contributed by atoms with Gasteiger partial charge in [0.2, 0.25) is 11.8 Å². The zero-order chi connectivity index (χ0) is 21.5. The monoisotopic (exact) mass is 412 g/mol. The largest absolute Gasteiger partial charge is 0.488 e. The Balaban J connectivity index is 1.86. The van der Waals surface area contributed by atoms with Gasteiger partial charge in [0, 0.05) is 38.9 Å². The molecule has 30 heavy (non-hydrogen) atoms. The highest BCUT2D eigenvalue weighted by molar-refractivity contribution is 5.96. The second kappa shape index (κ2) is 10.1. The molecule has 0 radical (unpaired) electrons. The molecule has 1 N–H and O–H groups in total. The Morgan fingerprint density at radius 1 is 1.13 bits per heavy atom. The van der Waals surface area contributed by atoms with E-state index in [4.69, 9.17) is 9.47 Å². The lowest BCUT2D eigenvalue weighted by atomic mass is 10.2. The van der Waals surface area contributed by atoms with Crippen LogP contribution in [-0.4, -0.2) is 72.5 Å². The zero-order valence-electron chi connectivity index (χ0n) is 17.6. The second-order valence-corrected chi connectivity index (χ2v) is 7.48. The highest BCUT2D eigenvalue weighted by Gasteiger charge is 2.21. The first-order valence-corrected chi connectivity index (χ1v) is 10.1. The Bertz CT molecular complexity index is 887. The molecular formula is C22H28N4O4. The van der Waals surface area contributed by atoms with Gasteiger partial charge in [-0.25, -0.2) is 4.98 Å². The van der Waals surface area contributed by atoms with Gasteiger partial charge in [-0.05, 0) is 38.1 Å². The van der Waals surface area contributed by atoms with E-state index in [1.54, 1.807) is 42.4 Å². The summed E-state index contributed by atoms with van der Waals surface area (Å²) in [5, 5.41) is 2.90. The normalized spacial score (nSPS) is 15.6. The molecule has 1 aromatic heterocycles. The number of hydrogen-bond acceptors (Lipinski definition) is 6. The summed E-state index contributed by atoms with van der Waals surface area (Å²) in [5.74, 6) is 1.03. The van der Waals surface area contributed by atoms with Crippen molar-refractivity contribution in [1.82, 2.24) is 20.1 Å². The number of para-hydroxylation sites is 2. The van der Waals surface area contributed by atoms with E-state index in [1.165, 1.54) is 0 Å². The number of fused-ring (bicyclic) bond motifs is 2. The van der Waals surface area contributed by atoms with Gasteiger partial charge in [0.05, 0.1) is 6.54 Å². The van der Waals surface area contributed by atoms with Crippen LogP contribution in [0.1, 0.15) is 24.2 Å². The first-order valence-electron chi connectivity index (χ1n) is 10.1. The van der Waals surface area contributed by atoms with Crippen LogP contribution in [0, 0.1) is 0 Å². The highest BCUT2D eigenvalue weighted by Crippen LogP contribution is 2.32. The van der Waals surface area contributed by atoms with Gasteiger partial charge >= 0.3 is 0 Å². The van der Waals surface area contributed by atoms with E-state index >= 15 is 0 Å². The first-order chi connectivity index (χ1) is 14.4. The van der Waals surface area contributed by atoms with Crippen LogP contribution in [0.3, 0.4) is 0 Å². The van der Waals surface area contributed by atoms with E-state index in [-0.39, 0.29) is 30.3 Å². The van der Waals surface area contributed by atoms with Gasteiger partial charge in [0.15, 0.2) is 11.5 Å². The molecule has 8 heteroatoms. The number of ether oxygens (including phenoxy) is 2. The van der Waals surface area contributed by atoms with Gasteiger partial charge in [-0.2, -0.15) is 0 Å². The Labute approximate surface area is 176 Å². The number of nitrogens with zero attached hydrogens (tertiary/aromatic N) is 3. The minimum atomic E-state index is -0.192. The van der Waals surface area contributed by atoms with Crippen LogP contribution in [0.5, 0.6) is 17.4 Å². The molecule has 0 bridgehead atoms. The van der Waals surface area contributed by atoms with Gasteiger partial charge < -0.3 is 19.7 Å². The quantitative estimate of drug-likeness (QED) is 0.832. The smallest absolute Gasteiger partial charge is 0.259 e. The fourth-order valence-corrected chi connectivity index (χ4v) is 3.12. The number of hydrogen-bond donors (Lipinski definition) is 1. The van der Waals surface area contributed by atoms with Gasteiger partial charge in [-0.3, -0.25) is 14.5 Å². The number of benzene rings is 1. The number of nitrogens with one attached hydrogen (secondary N) is 1. The van der Waals surface area contributed by atoms with Crippen LogP contribution < -0.4 is 14.8 Å². The molecule has 2 amide bonds. The molecule has 0 unspecified atom stereocenters. The zero-order valence-corrected chi connectivity index (χ0v) is 17.6. The molecule has 0 spiro atoms. The van der Waals surface area contributed by atoms with E-state index in [9.17, 15) is 9.59 Å². The summed E-state index contributed by atoms with van der Waals surface area (Å²) in [6.45, 7) is 5.99. The van der Waals surface area contributed by atoms with Crippen LogP contribution in [0.25, 0.3) is 0 Å². The van der Waals surface area contributed by atoms with Crippen LogP contribution in [-0.2, 0) is 4.79 Å². The third-order valence-electron chi connectivity index (χ3n) is 4.64. The Hall–Kier alpha value is -3.13. The number of carbonyl (C=O) groups excluding carboxylic acids is 2. The van der Waals surface area contributed by atoms with Crippen LogP contribution in [0.4, 0.5) is 0 Å². The molecule has 160 valence electrons. The van der Waals surface area contributed by atoms with Crippen LogP contribution >= 0.6 is 0 Å². The number of likely N-dealkylation sites (N-methyl/N-ethyl adjacent to an activating group) is 1. The Morgan fingerprint density at radius 3 is 2.67 bits per heavy atom. The van der Waals surface area contributed by atoms with Crippen molar-refractivity contribution < 1.29 is 19.1 Å². The number of amides is 2. The predicted molar refractivity (Wildman–Crippen MR) is 113 cm³/mol. The number of pyridine rings is 1. The predicted octanol–water partition coefficient (Wildman–Crippen LogP) is 2.16. The number of aromatic nitrogens is 1. The fourth-order valence-electron chi connectivity index (χ4n) is 3.12. The maximum absolute atomic E-state index is 13.0. The summed E-state index contributed by atoms with van der Waals surface area (Å²) in [6, 6.07) is 10.7. The molecule has 3 rings (SSSR count). The molecule has 8 nitrogen and oxygen atoms in total. The summed E-state index contributed by atoms with van der Waals surface area (Å²) in [5.41, 5.74) is 0.373. The lowest BCUT2D eigenvalue weighted by Crippen LogP contribution is -2.44. The third-order valence-corrected chi connectivity index (χ3v) is 4.64. The summed E-state index contributed by atoms with van der Waals surface area (Å²) < 4.78 is 11.9. The summed E-state index contributed by atoms with van der Waals surface area (Å²) in [6.07, 6.45) is 1.59. The lowest BCUT2D eigenvalue weighted by Gasteiger charge is -2.25. The molecule has 2 aromatic rings. The number of carbonyl (C=O) groups is 2. The molecule has 1 aliphatic heterocycles. The van der Waals surface area contributed by atoms with E-state index in [0.717, 1.165) is 0 Å². The topological polar surface area (TPSA) is 84.0 Å². The molecule has 2 heterocycles. The van der Waals surface area contributed by atoms with Gasteiger partial charge in [-0.15, -0.1) is 0 Å². The van der Waals surface area contributed by atoms with Crippen molar-refractivity contribution in [2.24, 2.45) is 0 Å². The van der Waals surface area contributed by atoms with E-state index in [1.807, 2.05) is 30.9 Å². The van der Waals surface area contributed by atoms with Crippen molar-refractivity contribution in [3.05, 3.63) is 48.2 Å².